The molecular formula is C21H23F2N3O3. The Morgan fingerprint density at radius 3 is 2.10 bits per heavy atom. The first-order valence-electron chi connectivity index (χ1n) is 9.43. The number of benzene rings is 2. The number of hydrogen-bond acceptors (Lipinski definition) is 4. The van der Waals surface area contributed by atoms with E-state index in [2.05, 4.69) is 10.2 Å². The van der Waals surface area contributed by atoms with Crippen LogP contribution in [0.1, 0.15) is 10.4 Å². The summed E-state index contributed by atoms with van der Waals surface area (Å²) in [5, 5.41) is 2.81. The smallest absolute Gasteiger partial charge is 0.260 e. The number of amides is 2. The topological polar surface area (TPSA) is 61.9 Å². The van der Waals surface area contributed by atoms with E-state index >= 15 is 0 Å². The summed E-state index contributed by atoms with van der Waals surface area (Å²) in [6.45, 7) is 3.62. The average Bonchev–Trinajstić information content (AvgIpc) is 2.74. The lowest BCUT2D eigenvalue weighted by molar-refractivity contribution is -0.135. The third-order valence-electron chi connectivity index (χ3n) is 4.72. The second-order valence-corrected chi connectivity index (χ2v) is 6.73. The first-order valence-corrected chi connectivity index (χ1v) is 9.43. The van der Waals surface area contributed by atoms with E-state index in [-0.39, 0.29) is 30.1 Å². The van der Waals surface area contributed by atoms with Gasteiger partial charge in [0.1, 0.15) is 17.4 Å². The molecule has 0 radical (unpaired) electrons. The number of nitrogens with zero attached hydrogens (tertiary/aromatic N) is 2. The monoisotopic (exact) mass is 403 g/mol. The maximum Gasteiger partial charge on any atom is 0.260 e. The quantitative estimate of drug-likeness (QED) is 0.767. The molecule has 2 aromatic rings. The normalized spacial score (nSPS) is 14.5. The predicted molar refractivity (Wildman–Crippen MR) is 104 cm³/mol. The van der Waals surface area contributed by atoms with Crippen LogP contribution in [-0.2, 0) is 4.79 Å². The maximum atomic E-state index is 12.9. The van der Waals surface area contributed by atoms with Crippen LogP contribution < -0.4 is 10.1 Å². The minimum atomic E-state index is -0.378. The van der Waals surface area contributed by atoms with Gasteiger partial charge in [-0.05, 0) is 48.5 Å². The van der Waals surface area contributed by atoms with Gasteiger partial charge in [0.2, 0.25) is 0 Å². The Morgan fingerprint density at radius 1 is 0.897 bits per heavy atom. The van der Waals surface area contributed by atoms with Gasteiger partial charge in [0, 0.05) is 44.8 Å². The van der Waals surface area contributed by atoms with Crippen molar-refractivity contribution in [2.75, 3.05) is 45.9 Å². The van der Waals surface area contributed by atoms with E-state index in [0.29, 0.717) is 50.6 Å². The van der Waals surface area contributed by atoms with Gasteiger partial charge in [-0.1, -0.05) is 0 Å². The van der Waals surface area contributed by atoms with Crippen LogP contribution in [0.4, 0.5) is 8.78 Å². The van der Waals surface area contributed by atoms with Gasteiger partial charge in [0.15, 0.2) is 6.61 Å². The molecule has 1 aliphatic rings. The maximum absolute atomic E-state index is 12.9. The van der Waals surface area contributed by atoms with Crippen molar-refractivity contribution in [2.45, 2.75) is 0 Å². The zero-order chi connectivity index (χ0) is 20.6. The summed E-state index contributed by atoms with van der Waals surface area (Å²) in [5.41, 5.74) is 0.419. The van der Waals surface area contributed by atoms with Gasteiger partial charge >= 0.3 is 0 Å². The van der Waals surface area contributed by atoms with Gasteiger partial charge in [-0.25, -0.2) is 8.78 Å². The minimum Gasteiger partial charge on any atom is -0.484 e. The van der Waals surface area contributed by atoms with Gasteiger partial charge in [-0.2, -0.15) is 0 Å². The van der Waals surface area contributed by atoms with E-state index in [1.807, 2.05) is 0 Å². The summed E-state index contributed by atoms with van der Waals surface area (Å²) in [4.78, 5) is 28.2. The lowest BCUT2D eigenvalue weighted by Crippen LogP contribution is -2.51. The molecule has 3 rings (SSSR count). The van der Waals surface area contributed by atoms with Crippen molar-refractivity contribution < 1.29 is 23.1 Å². The first-order chi connectivity index (χ1) is 14.0. The van der Waals surface area contributed by atoms with Crippen molar-refractivity contribution in [2.24, 2.45) is 0 Å². The van der Waals surface area contributed by atoms with E-state index < -0.39 is 0 Å². The molecule has 2 amide bonds. The summed E-state index contributed by atoms with van der Waals surface area (Å²) >= 11 is 0. The highest BCUT2D eigenvalue weighted by Crippen LogP contribution is 2.11. The molecule has 0 unspecified atom stereocenters. The Labute approximate surface area is 168 Å². The number of piperazine rings is 1. The number of carbonyl (C=O) groups is 2. The molecule has 0 saturated carbocycles. The Morgan fingerprint density at radius 2 is 1.48 bits per heavy atom. The zero-order valence-electron chi connectivity index (χ0n) is 15.9. The third kappa shape index (κ3) is 6.25. The Bertz CT molecular complexity index is 820. The summed E-state index contributed by atoms with van der Waals surface area (Å²) in [6, 6.07) is 10.9. The standard InChI is InChI=1S/C21H23F2N3O3/c22-17-3-1-16(2-4-17)21(28)24-9-10-25-11-13-26(14-12-25)20(27)15-29-19-7-5-18(23)6-8-19/h1-8H,9-15H2,(H,24,28). The lowest BCUT2D eigenvalue weighted by Gasteiger charge is -2.34. The van der Waals surface area contributed by atoms with Gasteiger partial charge in [-0.3, -0.25) is 14.5 Å². The van der Waals surface area contributed by atoms with Gasteiger partial charge < -0.3 is 15.0 Å². The number of nitrogens with one attached hydrogen (secondary N) is 1. The summed E-state index contributed by atoms with van der Waals surface area (Å²) in [7, 11) is 0. The highest BCUT2D eigenvalue weighted by atomic mass is 19.1. The molecule has 1 N–H and O–H groups in total. The average molecular weight is 403 g/mol. The van der Waals surface area contributed by atoms with Crippen molar-refractivity contribution in [1.82, 2.24) is 15.1 Å². The van der Waals surface area contributed by atoms with E-state index in [9.17, 15) is 18.4 Å². The Hall–Kier alpha value is -3.00. The zero-order valence-corrected chi connectivity index (χ0v) is 15.9. The number of carbonyl (C=O) groups excluding carboxylic acids is 2. The van der Waals surface area contributed by atoms with Crippen LogP contribution in [0.5, 0.6) is 5.75 Å². The highest BCUT2D eigenvalue weighted by molar-refractivity contribution is 5.94. The SMILES string of the molecule is O=C(NCCN1CCN(C(=O)COc2ccc(F)cc2)CC1)c1ccc(F)cc1. The molecular weight excluding hydrogens is 380 g/mol. The largest absolute Gasteiger partial charge is 0.484 e. The van der Waals surface area contributed by atoms with Crippen molar-refractivity contribution in [3.05, 3.63) is 65.7 Å². The fraction of sp³-hybridized carbons (Fsp3) is 0.333. The van der Waals surface area contributed by atoms with Crippen molar-refractivity contribution >= 4 is 11.8 Å². The van der Waals surface area contributed by atoms with Gasteiger partial charge in [0.25, 0.3) is 11.8 Å². The molecule has 0 atom stereocenters. The van der Waals surface area contributed by atoms with E-state index in [0.717, 1.165) is 0 Å². The van der Waals surface area contributed by atoms with Crippen LogP contribution in [0.3, 0.4) is 0 Å². The predicted octanol–water partition coefficient (Wildman–Crippen LogP) is 1.92. The molecule has 0 bridgehead atoms. The number of halogens is 2. The number of rotatable bonds is 7. The fourth-order valence-corrected chi connectivity index (χ4v) is 3.02. The first kappa shape index (κ1) is 20.7. The number of hydrogen-bond donors (Lipinski definition) is 1. The molecule has 1 fully saturated rings. The molecule has 2 aromatic carbocycles. The summed E-state index contributed by atoms with van der Waals surface area (Å²) in [5.74, 6) is -0.628. The second-order valence-electron chi connectivity index (χ2n) is 6.73. The molecule has 0 aliphatic carbocycles. The molecule has 0 aromatic heterocycles. The van der Waals surface area contributed by atoms with E-state index in [4.69, 9.17) is 4.74 Å². The van der Waals surface area contributed by atoms with Crippen LogP contribution in [0.2, 0.25) is 0 Å². The van der Waals surface area contributed by atoms with E-state index in [1.54, 1.807) is 4.90 Å². The highest BCUT2D eigenvalue weighted by Gasteiger charge is 2.21. The van der Waals surface area contributed by atoms with Crippen LogP contribution in [0.25, 0.3) is 0 Å². The molecule has 154 valence electrons. The number of ether oxygens (including phenoxy) is 1. The second kappa shape index (κ2) is 9.97. The van der Waals surface area contributed by atoms with Crippen LogP contribution in [0.15, 0.2) is 48.5 Å². The fourth-order valence-electron chi connectivity index (χ4n) is 3.02. The molecule has 8 heteroatoms. The molecule has 1 aliphatic heterocycles. The van der Waals surface area contributed by atoms with Crippen molar-refractivity contribution in [3.8, 4) is 5.75 Å². The summed E-state index contributed by atoms with van der Waals surface area (Å²) in [6.07, 6.45) is 0. The van der Waals surface area contributed by atoms with Gasteiger partial charge in [0.05, 0.1) is 0 Å². The molecule has 1 saturated heterocycles. The Balaban J connectivity index is 1.33. The third-order valence-corrected chi connectivity index (χ3v) is 4.72. The van der Waals surface area contributed by atoms with E-state index in [1.165, 1.54) is 48.5 Å². The summed E-state index contributed by atoms with van der Waals surface area (Å²) < 4.78 is 31.2. The van der Waals surface area contributed by atoms with Crippen molar-refractivity contribution in [1.29, 1.82) is 0 Å². The molecule has 1 heterocycles. The van der Waals surface area contributed by atoms with Crippen molar-refractivity contribution in [3.63, 3.8) is 0 Å². The van der Waals surface area contributed by atoms with Gasteiger partial charge in [-0.15, -0.1) is 0 Å². The Kier molecular flexibility index (Phi) is 7.13. The lowest BCUT2D eigenvalue weighted by atomic mass is 10.2. The minimum absolute atomic E-state index is 0.0840. The van der Waals surface area contributed by atoms with Crippen LogP contribution in [-0.4, -0.2) is 67.5 Å². The molecule has 6 nitrogen and oxygen atoms in total. The van der Waals surface area contributed by atoms with Crippen LogP contribution in [0, 0.1) is 11.6 Å². The molecule has 29 heavy (non-hydrogen) atoms. The molecule has 0 spiro atoms. The van der Waals surface area contributed by atoms with Crippen LogP contribution >= 0.6 is 0 Å².